The second-order valence-corrected chi connectivity index (χ2v) is 7.94. The Morgan fingerprint density at radius 3 is 2.32 bits per heavy atom. The zero-order valence-corrected chi connectivity index (χ0v) is 15.5. The highest BCUT2D eigenvalue weighted by Crippen LogP contribution is 2.20. The lowest BCUT2D eigenvalue weighted by Gasteiger charge is -2.16. The van der Waals surface area contributed by atoms with Crippen LogP contribution in [0.25, 0.3) is 0 Å². The third-order valence-corrected chi connectivity index (χ3v) is 4.66. The van der Waals surface area contributed by atoms with Crippen LogP contribution in [0.1, 0.15) is 24.2 Å². The Labute approximate surface area is 148 Å². The topological polar surface area (TPSA) is 75.7 Å². The molecule has 0 aliphatic heterocycles. The molecule has 0 saturated carbocycles. The predicted molar refractivity (Wildman–Crippen MR) is 99.8 cm³/mol. The Hall–Kier alpha value is -2.54. The van der Waals surface area contributed by atoms with Crippen molar-refractivity contribution in [2.24, 2.45) is 0 Å². The fraction of sp³-hybridized carbons (Fsp3) is 0.278. The third kappa shape index (κ3) is 5.22. The number of anilines is 2. The van der Waals surface area contributed by atoms with E-state index in [0.717, 1.165) is 10.6 Å². The molecule has 6 nitrogen and oxygen atoms in total. The molecule has 0 aliphatic carbocycles. The van der Waals surface area contributed by atoms with E-state index < -0.39 is 10.0 Å². The van der Waals surface area contributed by atoms with Gasteiger partial charge >= 0.3 is 0 Å². The second-order valence-electron chi connectivity index (χ2n) is 5.93. The summed E-state index contributed by atoms with van der Waals surface area (Å²) < 4.78 is 29.8. The quantitative estimate of drug-likeness (QED) is 0.857. The molecule has 2 aromatic rings. The van der Waals surface area contributed by atoms with Gasteiger partial charge in [0.1, 0.15) is 5.75 Å². The molecule has 2 aromatic carbocycles. The van der Waals surface area contributed by atoms with Crippen LogP contribution in [0, 0.1) is 0 Å². The van der Waals surface area contributed by atoms with Gasteiger partial charge < -0.3 is 10.1 Å². The molecule has 1 amide bonds. The first-order valence-electron chi connectivity index (χ1n) is 7.79. The number of rotatable bonds is 6. The van der Waals surface area contributed by atoms with Gasteiger partial charge in [-0.3, -0.25) is 9.10 Å². The van der Waals surface area contributed by atoms with Crippen molar-refractivity contribution in [1.82, 2.24) is 0 Å². The van der Waals surface area contributed by atoms with Gasteiger partial charge in [-0.1, -0.05) is 6.07 Å². The largest absolute Gasteiger partial charge is 0.491 e. The Morgan fingerprint density at radius 1 is 1.12 bits per heavy atom. The summed E-state index contributed by atoms with van der Waals surface area (Å²) in [6.45, 7) is 3.86. The molecule has 2 rings (SSSR count). The number of nitrogens with zero attached hydrogens (tertiary/aromatic N) is 1. The zero-order valence-electron chi connectivity index (χ0n) is 14.7. The van der Waals surface area contributed by atoms with E-state index in [2.05, 4.69) is 5.32 Å². The number of nitrogens with one attached hydrogen (secondary N) is 1. The van der Waals surface area contributed by atoms with E-state index in [1.807, 2.05) is 19.9 Å². The molecule has 0 saturated heterocycles. The van der Waals surface area contributed by atoms with Gasteiger partial charge in [-0.05, 0) is 50.2 Å². The van der Waals surface area contributed by atoms with Crippen molar-refractivity contribution in [3.05, 3.63) is 54.1 Å². The Balaban J connectivity index is 2.11. The average Bonchev–Trinajstić information content (AvgIpc) is 2.53. The molecule has 0 atom stereocenters. The van der Waals surface area contributed by atoms with Gasteiger partial charge in [0.05, 0.1) is 18.0 Å². The Kier molecular flexibility index (Phi) is 5.69. The number of ether oxygens (including phenoxy) is 1. The van der Waals surface area contributed by atoms with E-state index >= 15 is 0 Å². The van der Waals surface area contributed by atoms with Crippen LogP contribution in [0.2, 0.25) is 0 Å². The number of carbonyl (C=O) groups excluding carboxylic acids is 1. The van der Waals surface area contributed by atoms with Gasteiger partial charge in [-0.15, -0.1) is 0 Å². The summed E-state index contributed by atoms with van der Waals surface area (Å²) in [5, 5.41) is 2.80. The number of carbonyl (C=O) groups is 1. The molecule has 25 heavy (non-hydrogen) atoms. The Bertz CT molecular complexity index is 846. The minimum Gasteiger partial charge on any atom is -0.491 e. The standard InChI is InChI=1S/C18H22N2O4S/c1-13(2)24-17-7-5-6-15(12-17)19-18(21)14-8-10-16(11-9-14)20(3)25(4,22)23/h5-13H,1-4H3,(H,19,21). The first-order chi connectivity index (χ1) is 11.7. The molecule has 0 aromatic heterocycles. The van der Waals surface area contributed by atoms with E-state index in [-0.39, 0.29) is 12.0 Å². The highest BCUT2D eigenvalue weighted by molar-refractivity contribution is 7.92. The molecule has 0 unspecified atom stereocenters. The molecule has 0 radical (unpaired) electrons. The number of sulfonamides is 1. The van der Waals surface area contributed by atoms with Crippen molar-refractivity contribution in [3.63, 3.8) is 0 Å². The van der Waals surface area contributed by atoms with E-state index in [9.17, 15) is 13.2 Å². The van der Waals surface area contributed by atoms with Gasteiger partial charge in [0.15, 0.2) is 0 Å². The minimum absolute atomic E-state index is 0.0466. The van der Waals surface area contributed by atoms with Crippen LogP contribution < -0.4 is 14.4 Å². The van der Waals surface area contributed by atoms with E-state index in [1.165, 1.54) is 7.05 Å². The van der Waals surface area contributed by atoms with Crippen molar-refractivity contribution in [2.45, 2.75) is 20.0 Å². The molecular weight excluding hydrogens is 340 g/mol. The first kappa shape index (κ1) is 18.8. The smallest absolute Gasteiger partial charge is 0.255 e. The summed E-state index contributed by atoms with van der Waals surface area (Å²) >= 11 is 0. The highest BCUT2D eigenvalue weighted by Gasteiger charge is 2.13. The minimum atomic E-state index is -3.33. The third-order valence-electron chi connectivity index (χ3n) is 3.45. The molecule has 1 N–H and O–H groups in total. The molecule has 0 aliphatic rings. The monoisotopic (exact) mass is 362 g/mol. The van der Waals surface area contributed by atoms with Crippen LogP contribution in [0.4, 0.5) is 11.4 Å². The van der Waals surface area contributed by atoms with Crippen molar-refractivity contribution >= 4 is 27.3 Å². The van der Waals surface area contributed by atoms with E-state index in [0.29, 0.717) is 22.7 Å². The molecule has 0 spiro atoms. The summed E-state index contributed by atoms with van der Waals surface area (Å²) in [5.74, 6) is 0.396. The van der Waals surface area contributed by atoms with Gasteiger partial charge in [0, 0.05) is 24.4 Å². The summed E-state index contributed by atoms with van der Waals surface area (Å²) in [4.78, 5) is 12.3. The lowest BCUT2D eigenvalue weighted by Crippen LogP contribution is -2.24. The fourth-order valence-electron chi connectivity index (χ4n) is 2.14. The van der Waals surface area contributed by atoms with Crippen LogP contribution in [0.15, 0.2) is 48.5 Å². The molecule has 0 heterocycles. The van der Waals surface area contributed by atoms with Crippen molar-refractivity contribution in [2.75, 3.05) is 22.9 Å². The van der Waals surface area contributed by atoms with Crippen LogP contribution in [0.3, 0.4) is 0 Å². The fourth-order valence-corrected chi connectivity index (χ4v) is 2.64. The number of hydrogen-bond donors (Lipinski definition) is 1. The maximum atomic E-state index is 12.3. The SMILES string of the molecule is CC(C)Oc1cccc(NC(=O)c2ccc(N(C)S(C)(=O)=O)cc2)c1. The van der Waals surface area contributed by atoms with Gasteiger partial charge in [0.25, 0.3) is 5.91 Å². The van der Waals surface area contributed by atoms with Crippen LogP contribution in [-0.2, 0) is 10.0 Å². The predicted octanol–water partition coefficient (Wildman–Crippen LogP) is 3.12. The Morgan fingerprint density at radius 2 is 1.76 bits per heavy atom. The number of benzene rings is 2. The number of hydrogen-bond acceptors (Lipinski definition) is 4. The molecule has 0 bridgehead atoms. The van der Waals surface area contributed by atoms with Gasteiger partial charge in [-0.25, -0.2) is 8.42 Å². The van der Waals surface area contributed by atoms with Gasteiger partial charge in [-0.2, -0.15) is 0 Å². The van der Waals surface area contributed by atoms with Crippen molar-refractivity contribution in [3.8, 4) is 5.75 Å². The maximum Gasteiger partial charge on any atom is 0.255 e. The highest BCUT2D eigenvalue weighted by atomic mass is 32.2. The lowest BCUT2D eigenvalue weighted by atomic mass is 10.2. The summed E-state index contributed by atoms with van der Waals surface area (Å²) in [6, 6.07) is 13.5. The molecular formula is C18H22N2O4S. The summed E-state index contributed by atoms with van der Waals surface area (Å²) in [7, 11) is -1.87. The van der Waals surface area contributed by atoms with Crippen LogP contribution >= 0.6 is 0 Å². The van der Waals surface area contributed by atoms with Gasteiger partial charge in [0.2, 0.25) is 10.0 Å². The molecule has 0 fully saturated rings. The van der Waals surface area contributed by atoms with Crippen LogP contribution in [-0.4, -0.2) is 33.7 Å². The average molecular weight is 362 g/mol. The normalized spacial score (nSPS) is 11.2. The molecule has 134 valence electrons. The second kappa shape index (κ2) is 7.57. The number of amides is 1. The van der Waals surface area contributed by atoms with Crippen LogP contribution in [0.5, 0.6) is 5.75 Å². The maximum absolute atomic E-state index is 12.3. The summed E-state index contributed by atoms with van der Waals surface area (Å²) in [5.41, 5.74) is 1.55. The zero-order chi connectivity index (χ0) is 18.6. The lowest BCUT2D eigenvalue weighted by molar-refractivity contribution is 0.102. The molecule has 7 heteroatoms. The van der Waals surface area contributed by atoms with E-state index in [4.69, 9.17) is 4.74 Å². The van der Waals surface area contributed by atoms with Crippen molar-refractivity contribution < 1.29 is 17.9 Å². The van der Waals surface area contributed by atoms with Crippen molar-refractivity contribution in [1.29, 1.82) is 0 Å². The summed E-state index contributed by atoms with van der Waals surface area (Å²) in [6.07, 6.45) is 1.17. The van der Waals surface area contributed by atoms with E-state index in [1.54, 1.807) is 42.5 Å². The first-order valence-corrected chi connectivity index (χ1v) is 9.63.